The number of rotatable bonds is 6. The molecule has 0 aliphatic carbocycles. The summed E-state index contributed by atoms with van der Waals surface area (Å²) < 4.78 is 42.6. The average Bonchev–Trinajstić information content (AvgIpc) is 3.30. The third-order valence-electron chi connectivity index (χ3n) is 5.10. The molecule has 2 aliphatic heterocycles. The summed E-state index contributed by atoms with van der Waals surface area (Å²) in [4.78, 5) is 24.6. The van der Waals surface area contributed by atoms with Gasteiger partial charge in [-0.2, -0.15) is 4.31 Å². The first-order valence-corrected chi connectivity index (χ1v) is 11.5. The van der Waals surface area contributed by atoms with Crippen molar-refractivity contribution in [2.24, 2.45) is 0 Å². The maximum absolute atomic E-state index is 12.8. The largest absolute Gasteiger partial charge is 0.454 e. The standard InChI is InChI=1S/C21H23N3O7S/c25-20(7-5-15-4-6-18-19(12-15)31-14-30-18)22-23-21(26)16-2-1-3-17(13-16)32(27,28)24-8-10-29-11-9-24/h1-4,6,12-13H,5,7-11,14H2,(H,22,25)(H,23,26). The summed E-state index contributed by atoms with van der Waals surface area (Å²) in [7, 11) is -3.73. The van der Waals surface area contributed by atoms with Crippen LogP contribution in [0.3, 0.4) is 0 Å². The molecule has 1 saturated heterocycles. The van der Waals surface area contributed by atoms with Gasteiger partial charge in [-0.1, -0.05) is 12.1 Å². The Bertz CT molecular complexity index is 1110. The molecule has 0 bridgehead atoms. The summed E-state index contributed by atoms with van der Waals surface area (Å²) in [5.41, 5.74) is 5.70. The minimum Gasteiger partial charge on any atom is -0.454 e. The van der Waals surface area contributed by atoms with Gasteiger partial charge in [-0.25, -0.2) is 8.42 Å². The maximum Gasteiger partial charge on any atom is 0.269 e. The van der Waals surface area contributed by atoms with Gasteiger partial charge in [0, 0.05) is 25.1 Å². The van der Waals surface area contributed by atoms with E-state index in [1.54, 1.807) is 6.07 Å². The van der Waals surface area contributed by atoms with E-state index in [4.69, 9.17) is 14.2 Å². The minimum atomic E-state index is -3.73. The fraction of sp³-hybridized carbons (Fsp3) is 0.333. The van der Waals surface area contributed by atoms with Crippen LogP contribution in [0.15, 0.2) is 47.4 Å². The van der Waals surface area contributed by atoms with Crippen LogP contribution in [0.4, 0.5) is 0 Å². The monoisotopic (exact) mass is 461 g/mol. The van der Waals surface area contributed by atoms with E-state index in [0.29, 0.717) is 31.1 Å². The topological polar surface area (TPSA) is 123 Å². The first kappa shape index (κ1) is 22.1. The average molecular weight is 461 g/mol. The highest BCUT2D eigenvalue weighted by atomic mass is 32.2. The van der Waals surface area contributed by atoms with Gasteiger partial charge < -0.3 is 14.2 Å². The Morgan fingerprint density at radius 3 is 2.56 bits per heavy atom. The first-order chi connectivity index (χ1) is 15.4. The van der Waals surface area contributed by atoms with E-state index < -0.39 is 15.9 Å². The fourth-order valence-corrected chi connectivity index (χ4v) is 4.80. The van der Waals surface area contributed by atoms with Crippen LogP contribution < -0.4 is 20.3 Å². The van der Waals surface area contributed by atoms with Crippen LogP contribution in [-0.2, 0) is 26.0 Å². The maximum atomic E-state index is 12.8. The number of nitrogens with zero attached hydrogens (tertiary/aromatic N) is 1. The molecule has 2 aromatic carbocycles. The lowest BCUT2D eigenvalue weighted by atomic mass is 10.1. The second kappa shape index (κ2) is 9.55. The predicted octanol–water partition coefficient (Wildman–Crippen LogP) is 0.830. The number of benzene rings is 2. The van der Waals surface area contributed by atoms with Gasteiger partial charge in [-0.05, 0) is 42.3 Å². The van der Waals surface area contributed by atoms with Crippen LogP contribution in [-0.4, -0.2) is 57.6 Å². The van der Waals surface area contributed by atoms with Gasteiger partial charge in [0.15, 0.2) is 11.5 Å². The second-order valence-corrected chi connectivity index (χ2v) is 9.17. The molecule has 2 heterocycles. The minimum absolute atomic E-state index is 0.0150. The van der Waals surface area contributed by atoms with Crippen molar-refractivity contribution in [3.8, 4) is 11.5 Å². The SMILES string of the molecule is O=C(CCc1ccc2c(c1)OCO2)NNC(=O)c1cccc(S(=O)(=O)N2CCOCC2)c1. The molecule has 2 aliphatic rings. The van der Waals surface area contributed by atoms with Crippen molar-refractivity contribution in [3.63, 3.8) is 0 Å². The highest BCUT2D eigenvalue weighted by Gasteiger charge is 2.27. The van der Waals surface area contributed by atoms with Crippen molar-refractivity contribution in [1.29, 1.82) is 0 Å². The Morgan fingerprint density at radius 2 is 1.75 bits per heavy atom. The molecular weight excluding hydrogens is 438 g/mol. The molecule has 0 atom stereocenters. The summed E-state index contributed by atoms with van der Waals surface area (Å²) in [5.74, 6) is 0.319. The number of ether oxygens (including phenoxy) is 3. The Labute approximate surface area is 185 Å². The molecule has 11 heteroatoms. The van der Waals surface area contributed by atoms with Crippen molar-refractivity contribution in [1.82, 2.24) is 15.2 Å². The predicted molar refractivity (Wildman–Crippen MR) is 113 cm³/mol. The molecule has 2 N–H and O–H groups in total. The van der Waals surface area contributed by atoms with E-state index in [2.05, 4.69) is 10.9 Å². The number of fused-ring (bicyclic) bond motifs is 1. The van der Waals surface area contributed by atoms with E-state index in [0.717, 1.165) is 5.56 Å². The van der Waals surface area contributed by atoms with Crippen molar-refractivity contribution in [3.05, 3.63) is 53.6 Å². The normalized spacial score (nSPS) is 15.9. The summed E-state index contributed by atoms with van der Waals surface area (Å²) >= 11 is 0. The zero-order valence-corrected chi connectivity index (χ0v) is 18.0. The van der Waals surface area contributed by atoms with Gasteiger partial charge in [-0.3, -0.25) is 20.4 Å². The van der Waals surface area contributed by atoms with E-state index in [1.165, 1.54) is 28.6 Å². The van der Waals surface area contributed by atoms with Gasteiger partial charge in [0.25, 0.3) is 5.91 Å². The van der Waals surface area contributed by atoms with Crippen molar-refractivity contribution >= 4 is 21.8 Å². The van der Waals surface area contributed by atoms with Crippen LogP contribution >= 0.6 is 0 Å². The van der Waals surface area contributed by atoms with E-state index >= 15 is 0 Å². The van der Waals surface area contributed by atoms with E-state index in [1.807, 2.05) is 12.1 Å². The van der Waals surface area contributed by atoms with Crippen molar-refractivity contribution in [2.45, 2.75) is 17.7 Å². The molecule has 0 aromatic heterocycles. The molecule has 4 rings (SSSR count). The van der Waals surface area contributed by atoms with Crippen molar-refractivity contribution in [2.75, 3.05) is 33.1 Å². The van der Waals surface area contributed by atoms with E-state index in [9.17, 15) is 18.0 Å². The third kappa shape index (κ3) is 5.01. The summed E-state index contributed by atoms with van der Waals surface area (Å²) in [6.45, 7) is 1.37. The summed E-state index contributed by atoms with van der Waals surface area (Å²) in [6.07, 6.45) is 0.594. The first-order valence-electron chi connectivity index (χ1n) is 10.1. The lowest BCUT2D eigenvalue weighted by Crippen LogP contribution is -2.42. The molecule has 2 amide bonds. The molecular formula is C21H23N3O7S. The fourth-order valence-electron chi connectivity index (χ4n) is 3.35. The molecule has 2 aromatic rings. The molecule has 0 radical (unpaired) electrons. The number of morpholine rings is 1. The Kier molecular flexibility index (Phi) is 6.58. The van der Waals surface area contributed by atoms with Crippen LogP contribution in [0.5, 0.6) is 11.5 Å². The number of carbonyl (C=O) groups is 2. The zero-order chi connectivity index (χ0) is 22.6. The Hall–Kier alpha value is -3.15. The number of hydrogen-bond donors (Lipinski definition) is 2. The van der Waals surface area contributed by atoms with Crippen molar-refractivity contribution < 1.29 is 32.2 Å². The molecule has 0 spiro atoms. The highest BCUT2D eigenvalue weighted by molar-refractivity contribution is 7.89. The Morgan fingerprint density at radius 1 is 0.969 bits per heavy atom. The number of carbonyl (C=O) groups excluding carboxylic acids is 2. The zero-order valence-electron chi connectivity index (χ0n) is 17.2. The van der Waals surface area contributed by atoms with Gasteiger partial charge in [0.05, 0.1) is 18.1 Å². The lowest BCUT2D eigenvalue weighted by molar-refractivity contribution is -0.121. The lowest BCUT2D eigenvalue weighted by Gasteiger charge is -2.26. The third-order valence-corrected chi connectivity index (χ3v) is 6.99. The molecule has 170 valence electrons. The molecule has 0 saturated carbocycles. The van der Waals surface area contributed by atoms with Gasteiger partial charge in [0.1, 0.15) is 0 Å². The molecule has 1 fully saturated rings. The van der Waals surface area contributed by atoms with Crippen LogP contribution in [0, 0.1) is 0 Å². The number of sulfonamides is 1. The van der Waals surface area contributed by atoms with Gasteiger partial charge in [0.2, 0.25) is 22.7 Å². The quantitative estimate of drug-likeness (QED) is 0.611. The van der Waals surface area contributed by atoms with Gasteiger partial charge >= 0.3 is 0 Å². The molecule has 0 unspecified atom stereocenters. The number of aryl methyl sites for hydroxylation is 1. The molecule has 10 nitrogen and oxygen atoms in total. The number of hydrogen-bond acceptors (Lipinski definition) is 7. The van der Waals surface area contributed by atoms with Crippen LogP contribution in [0.1, 0.15) is 22.3 Å². The number of nitrogens with one attached hydrogen (secondary N) is 2. The summed E-state index contributed by atoms with van der Waals surface area (Å²) in [6, 6.07) is 11.1. The smallest absolute Gasteiger partial charge is 0.269 e. The van der Waals surface area contributed by atoms with Crippen LogP contribution in [0.25, 0.3) is 0 Å². The van der Waals surface area contributed by atoms with Gasteiger partial charge in [-0.15, -0.1) is 0 Å². The number of hydrazine groups is 1. The summed E-state index contributed by atoms with van der Waals surface area (Å²) in [5, 5.41) is 0. The second-order valence-electron chi connectivity index (χ2n) is 7.23. The highest BCUT2D eigenvalue weighted by Crippen LogP contribution is 2.32. The Balaban J connectivity index is 1.31. The molecule has 32 heavy (non-hydrogen) atoms. The van der Waals surface area contributed by atoms with E-state index in [-0.39, 0.29) is 42.7 Å². The van der Waals surface area contributed by atoms with Crippen LogP contribution in [0.2, 0.25) is 0 Å². The number of amides is 2.